The second kappa shape index (κ2) is 10.7. The van der Waals surface area contributed by atoms with Crippen molar-refractivity contribution in [2.45, 2.75) is 17.1 Å². The summed E-state index contributed by atoms with van der Waals surface area (Å²) in [5.41, 5.74) is 1.71. The molecule has 4 rings (SSSR count). The van der Waals surface area contributed by atoms with Crippen LogP contribution >= 0.6 is 46.3 Å². The van der Waals surface area contributed by atoms with E-state index < -0.39 is 5.25 Å². The monoisotopic (exact) mass is 531 g/mol. The number of aromatic nitrogens is 1. The van der Waals surface area contributed by atoms with Crippen LogP contribution in [0.3, 0.4) is 0 Å². The number of methoxy groups -OCH3 is 1. The number of nitrogens with one attached hydrogen (secondary N) is 2. The summed E-state index contributed by atoms with van der Waals surface area (Å²) >= 11 is 14.8. The van der Waals surface area contributed by atoms with Crippen LogP contribution < -0.4 is 15.4 Å². The zero-order chi connectivity index (χ0) is 24.2. The predicted molar refractivity (Wildman–Crippen MR) is 141 cm³/mol. The number of ether oxygens (including phenoxy) is 1. The van der Waals surface area contributed by atoms with E-state index in [-0.39, 0.29) is 16.8 Å². The molecule has 10 heteroatoms. The standard InChI is InChI=1S/C24H19Cl2N3O3S2/c1-13(22(30)29-24-28-20-9-7-16(32-2)12-21(20)34-24)33-17-5-3-4-15(11-17)27-23(31)18-8-6-14(25)10-19(18)26/h3-13H,1-2H3,(H,27,31)(H,28,29,30). The third-order valence-electron chi connectivity index (χ3n) is 4.78. The Morgan fingerprint density at radius 1 is 1.06 bits per heavy atom. The molecule has 2 N–H and O–H groups in total. The van der Waals surface area contributed by atoms with Crippen molar-refractivity contribution < 1.29 is 14.3 Å². The van der Waals surface area contributed by atoms with Gasteiger partial charge in [0, 0.05) is 15.6 Å². The minimum atomic E-state index is -0.391. The second-order valence-corrected chi connectivity index (χ2v) is 10.5. The van der Waals surface area contributed by atoms with Crippen molar-refractivity contribution in [1.82, 2.24) is 4.98 Å². The summed E-state index contributed by atoms with van der Waals surface area (Å²) < 4.78 is 6.17. The Balaban J connectivity index is 1.40. The summed E-state index contributed by atoms with van der Waals surface area (Å²) in [6, 6.07) is 17.5. The number of anilines is 2. The SMILES string of the molecule is COc1ccc2nc(NC(=O)C(C)Sc3cccc(NC(=O)c4ccc(Cl)cc4Cl)c3)sc2c1. The summed E-state index contributed by atoms with van der Waals surface area (Å²) in [4.78, 5) is 30.6. The summed E-state index contributed by atoms with van der Waals surface area (Å²) in [5, 5.41) is 6.57. The van der Waals surface area contributed by atoms with Gasteiger partial charge >= 0.3 is 0 Å². The first-order chi connectivity index (χ1) is 16.3. The number of fused-ring (bicyclic) bond motifs is 1. The molecule has 1 unspecified atom stereocenters. The van der Waals surface area contributed by atoms with Crippen molar-refractivity contribution in [3.63, 3.8) is 0 Å². The lowest BCUT2D eigenvalue weighted by molar-refractivity contribution is -0.115. The van der Waals surface area contributed by atoms with Crippen LogP contribution in [-0.2, 0) is 4.79 Å². The highest BCUT2D eigenvalue weighted by molar-refractivity contribution is 8.00. The molecule has 0 aliphatic heterocycles. The lowest BCUT2D eigenvalue weighted by Crippen LogP contribution is -2.22. The Kier molecular flexibility index (Phi) is 7.63. The van der Waals surface area contributed by atoms with Gasteiger partial charge < -0.3 is 15.4 Å². The lowest BCUT2D eigenvalue weighted by atomic mass is 10.2. The molecular weight excluding hydrogens is 513 g/mol. The van der Waals surface area contributed by atoms with Gasteiger partial charge in [0.2, 0.25) is 5.91 Å². The van der Waals surface area contributed by atoms with Gasteiger partial charge in [-0.15, -0.1) is 11.8 Å². The molecule has 34 heavy (non-hydrogen) atoms. The molecule has 2 amide bonds. The zero-order valence-corrected chi connectivity index (χ0v) is 21.2. The van der Waals surface area contributed by atoms with Gasteiger partial charge in [-0.05, 0) is 61.5 Å². The van der Waals surface area contributed by atoms with Crippen LogP contribution in [0.4, 0.5) is 10.8 Å². The van der Waals surface area contributed by atoms with Crippen LogP contribution in [0.1, 0.15) is 17.3 Å². The summed E-state index contributed by atoms with van der Waals surface area (Å²) in [6.45, 7) is 1.81. The molecule has 1 heterocycles. The van der Waals surface area contributed by atoms with Gasteiger partial charge in [-0.1, -0.05) is 40.6 Å². The van der Waals surface area contributed by atoms with Crippen LogP contribution in [0, 0.1) is 0 Å². The van der Waals surface area contributed by atoms with E-state index >= 15 is 0 Å². The topological polar surface area (TPSA) is 80.3 Å². The molecular formula is C24H19Cl2N3O3S2. The highest BCUT2D eigenvalue weighted by Crippen LogP contribution is 2.31. The molecule has 0 aliphatic rings. The molecule has 0 fully saturated rings. The molecule has 3 aromatic carbocycles. The molecule has 0 radical (unpaired) electrons. The number of thiazole rings is 1. The van der Waals surface area contributed by atoms with Crippen LogP contribution in [0.2, 0.25) is 10.0 Å². The maximum atomic E-state index is 12.7. The Bertz CT molecular complexity index is 1380. The number of hydrogen-bond acceptors (Lipinski definition) is 6. The van der Waals surface area contributed by atoms with Crippen molar-refractivity contribution in [3.05, 3.63) is 76.3 Å². The van der Waals surface area contributed by atoms with Crippen LogP contribution in [0.5, 0.6) is 5.75 Å². The van der Waals surface area contributed by atoms with Gasteiger partial charge in [0.25, 0.3) is 5.91 Å². The molecule has 0 saturated carbocycles. The predicted octanol–water partition coefficient (Wildman–Crippen LogP) is 6.98. The number of rotatable bonds is 7. The van der Waals surface area contributed by atoms with E-state index in [2.05, 4.69) is 15.6 Å². The summed E-state index contributed by atoms with van der Waals surface area (Å²) in [6.07, 6.45) is 0. The largest absolute Gasteiger partial charge is 0.497 e. The third-order valence-corrected chi connectivity index (χ3v) is 7.35. The third kappa shape index (κ3) is 5.82. The smallest absolute Gasteiger partial charge is 0.257 e. The van der Waals surface area contributed by atoms with Crippen molar-refractivity contribution in [1.29, 1.82) is 0 Å². The molecule has 1 aromatic heterocycles. The zero-order valence-electron chi connectivity index (χ0n) is 18.1. The van der Waals surface area contributed by atoms with E-state index in [0.29, 0.717) is 21.4 Å². The number of hydrogen-bond donors (Lipinski definition) is 2. The number of halogens is 2. The number of carbonyl (C=O) groups is 2. The Hall–Kier alpha value is -2.78. The van der Waals surface area contributed by atoms with E-state index in [0.717, 1.165) is 20.9 Å². The highest BCUT2D eigenvalue weighted by atomic mass is 35.5. The fourth-order valence-corrected chi connectivity index (χ4v) is 5.39. The molecule has 4 aromatic rings. The molecule has 1 atom stereocenters. The van der Waals surface area contributed by atoms with E-state index in [1.54, 1.807) is 31.4 Å². The maximum Gasteiger partial charge on any atom is 0.257 e. The minimum absolute atomic E-state index is 0.168. The second-order valence-electron chi connectivity index (χ2n) is 7.21. The normalized spacial score (nSPS) is 11.8. The van der Waals surface area contributed by atoms with Gasteiger partial charge in [0.1, 0.15) is 5.75 Å². The Morgan fingerprint density at radius 2 is 1.88 bits per heavy atom. The quantitative estimate of drug-likeness (QED) is 0.251. The van der Waals surface area contributed by atoms with Gasteiger partial charge in [0.15, 0.2) is 5.13 Å². The van der Waals surface area contributed by atoms with Crippen LogP contribution in [-0.4, -0.2) is 29.2 Å². The number of nitrogens with zero attached hydrogens (tertiary/aromatic N) is 1. The van der Waals surface area contributed by atoms with Gasteiger partial charge in [-0.2, -0.15) is 0 Å². The van der Waals surface area contributed by atoms with E-state index in [1.165, 1.54) is 29.2 Å². The van der Waals surface area contributed by atoms with Crippen molar-refractivity contribution in [2.24, 2.45) is 0 Å². The van der Waals surface area contributed by atoms with Gasteiger partial charge in [0.05, 0.1) is 33.2 Å². The molecule has 6 nitrogen and oxygen atoms in total. The highest BCUT2D eigenvalue weighted by Gasteiger charge is 2.17. The van der Waals surface area contributed by atoms with Crippen LogP contribution in [0.25, 0.3) is 10.2 Å². The summed E-state index contributed by atoms with van der Waals surface area (Å²) in [5.74, 6) is 0.226. The number of carbonyl (C=O) groups excluding carboxylic acids is 2. The van der Waals surface area contributed by atoms with E-state index in [4.69, 9.17) is 27.9 Å². The van der Waals surface area contributed by atoms with Crippen molar-refractivity contribution in [3.8, 4) is 5.75 Å². The lowest BCUT2D eigenvalue weighted by Gasteiger charge is -2.12. The first kappa shape index (κ1) is 24.3. The van der Waals surface area contributed by atoms with Crippen LogP contribution in [0.15, 0.2) is 65.6 Å². The molecule has 0 aliphatic carbocycles. The van der Waals surface area contributed by atoms with E-state index in [1.807, 2.05) is 37.3 Å². The van der Waals surface area contributed by atoms with Gasteiger partial charge in [-0.25, -0.2) is 4.98 Å². The molecule has 174 valence electrons. The number of amides is 2. The first-order valence-electron chi connectivity index (χ1n) is 10.1. The fraction of sp³-hybridized carbons (Fsp3) is 0.125. The first-order valence-corrected chi connectivity index (χ1v) is 12.6. The minimum Gasteiger partial charge on any atom is -0.497 e. The number of thioether (sulfide) groups is 1. The Morgan fingerprint density at radius 3 is 2.65 bits per heavy atom. The number of benzene rings is 3. The Labute approximate surface area is 214 Å². The van der Waals surface area contributed by atoms with Gasteiger partial charge in [-0.3, -0.25) is 9.59 Å². The van der Waals surface area contributed by atoms with Crippen molar-refractivity contribution >= 4 is 79.2 Å². The fourth-order valence-electron chi connectivity index (χ4n) is 3.07. The average molecular weight is 532 g/mol. The van der Waals surface area contributed by atoms with E-state index in [9.17, 15) is 9.59 Å². The molecule has 0 spiro atoms. The average Bonchev–Trinajstić information content (AvgIpc) is 3.20. The summed E-state index contributed by atoms with van der Waals surface area (Å²) in [7, 11) is 1.61. The molecule has 0 bridgehead atoms. The van der Waals surface area contributed by atoms with Crippen molar-refractivity contribution in [2.75, 3.05) is 17.7 Å². The molecule has 0 saturated heterocycles. The maximum absolute atomic E-state index is 12.7.